The van der Waals surface area contributed by atoms with E-state index >= 15 is 0 Å². The SMILES string of the molecule is CC/C=C\C/C=C\C/C=C\C/C=C\C/C=C\CCCCCCCCCCCCCCCCCCCCCCCCCC(=O)OC(COC(=O)CCCCCCCCCCCCCCCCCCCCCCC/C=C\CCCCCCCCCC)COC(OCC[N+](C)(C)C)C(=O)[O-]. The third-order valence-corrected chi connectivity index (χ3v) is 18.9. The maximum absolute atomic E-state index is 13.0. The summed E-state index contributed by atoms with van der Waals surface area (Å²) in [7, 11) is 5.95. The Balaban J connectivity index is 3.95. The summed E-state index contributed by atoms with van der Waals surface area (Å²) in [5.41, 5.74) is 0. The van der Waals surface area contributed by atoms with Crippen LogP contribution in [0.4, 0.5) is 0 Å². The van der Waals surface area contributed by atoms with Crippen molar-refractivity contribution in [3.63, 3.8) is 0 Å². The molecule has 0 fully saturated rings. The van der Waals surface area contributed by atoms with E-state index in [1.165, 1.54) is 315 Å². The number of hydrogen-bond donors (Lipinski definition) is 0. The largest absolute Gasteiger partial charge is 0.545 e. The monoisotopic (exact) mass is 1360 g/mol. The van der Waals surface area contributed by atoms with E-state index in [-0.39, 0.29) is 32.2 Å². The van der Waals surface area contributed by atoms with Crippen molar-refractivity contribution in [3.05, 3.63) is 72.9 Å². The summed E-state index contributed by atoms with van der Waals surface area (Å²) in [5.74, 6) is -2.25. The number of carboxylic acids is 1. The van der Waals surface area contributed by atoms with Crippen LogP contribution in [0.2, 0.25) is 0 Å². The van der Waals surface area contributed by atoms with Crippen molar-refractivity contribution in [2.45, 2.75) is 424 Å². The average molecular weight is 1360 g/mol. The molecule has 0 bridgehead atoms. The number of esters is 2. The third kappa shape index (κ3) is 79.9. The second-order valence-corrected chi connectivity index (χ2v) is 29.7. The zero-order valence-electron chi connectivity index (χ0n) is 65.0. The molecule has 0 aliphatic heterocycles. The molecule has 0 saturated heterocycles. The van der Waals surface area contributed by atoms with Crippen LogP contribution in [0, 0.1) is 0 Å². The van der Waals surface area contributed by atoms with Crippen LogP contribution in [0.1, 0.15) is 412 Å². The minimum absolute atomic E-state index is 0.150. The molecule has 9 nitrogen and oxygen atoms in total. The Bertz CT molecular complexity index is 1830. The summed E-state index contributed by atoms with van der Waals surface area (Å²) in [6.45, 7) is 4.71. The van der Waals surface area contributed by atoms with E-state index in [0.717, 1.165) is 70.6 Å². The smallest absolute Gasteiger partial charge is 0.306 e. The summed E-state index contributed by atoms with van der Waals surface area (Å²) in [5, 5.41) is 11.9. The molecule has 0 N–H and O–H groups in total. The van der Waals surface area contributed by atoms with Crippen LogP contribution in [-0.2, 0) is 33.3 Å². The molecule has 0 heterocycles. The molecule has 0 aromatic heterocycles. The number of ether oxygens (including phenoxy) is 4. The van der Waals surface area contributed by atoms with Crippen molar-refractivity contribution < 1.29 is 42.9 Å². The van der Waals surface area contributed by atoms with E-state index in [9.17, 15) is 19.5 Å². The highest BCUT2D eigenvalue weighted by Crippen LogP contribution is 2.20. The molecular formula is C88H161NO8. The van der Waals surface area contributed by atoms with Crippen LogP contribution in [0.25, 0.3) is 0 Å². The molecule has 566 valence electrons. The first-order valence-corrected chi connectivity index (χ1v) is 42.1. The Kier molecular flexibility index (Phi) is 75.8. The Morgan fingerprint density at radius 3 is 0.887 bits per heavy atom. The Hall–Kier alpha value is -3.27. The first-order chi connectivity index (χ1) is 47.6. The number of nitrogens with zero attached hydrogens (tertiary/aromatic N) is 1. The van der Waals surface area contributed by atoms with Gasteiger partial charge in [0, 0.05) is 12.8 Å². The standard InChI is InChI=1S/C88H161NO8/c1-6-8-10-12-14-16-18-20-22-24-26-28-30-32-34-36-38-40-41-42-43-44-45-47-49-51-53-55-57-59-61-63-65-67-69-71-73-75-77-79-86(91)97-84(83-96-88(87(92)93)94-81-80-89(3,4)5)82-95-85(90)78-76-74-72-70-68-66-64-62-60-58-56-54-52-50-48-46-39-37-35-33-31-29-27-25-23-21-19-17-15-13-11-9-7-2/h8,10,14,16,20,22,25-28,32,34,84,88H,6-7,9,11-13,15,17-19,21,23-24,29-31,33,35-83H2,1-5H3/b10-8-,16-14-,22-20-,27-25-,28-26-,34-32-. The average Bonchev–Trinajstić information content (AvgIpc) is 2.39. The fourth-order valence-corrected chi connectivity index (χ4v) is 12.6. The van der Waals surface area contributed by atoms with Gasteiger partial charge in [-0.15, -0.1) is 0 Å². The van der Waals surface area contributed by atoms with Crippen molar-refractivity contribution in [3.8, 4) is 0 Å². The quantitative estimate of drug-likeness (QED) is 0.0195. The van der Waals surface area contributed by atoms with Gasteiger partial charge in [0.1, 0.15) is 13.2 Å². The van der Waals surface area contributed by atoms with Gasteiger partial charge in [-0.2, -0.15) is 0 Å². The number of carbonyl (C=O) groups excluding carboxylic acids is 3. The minimum Gasteiger partial charge on any atom is -0.545 e. The molecule has 0 saturated carbocycles. The van der Waals surface area contributed by atoms with E-state index < -0.39 is 24.3 Å². The molecule has 0 aromatic rings. The molecule has 97 heavy (non-hydrogen) atoms. The second-order valence-electron chi connectivity index (χ2n) is 29.7. The molecule has 2 atom stereocenters. The van der Waals surface area contributed by atoms with Gasteiger partial charge in [-0.25, -0.2) is 0 Å². The van der Waals surface area contributed by atoms with Gasteiger partial charge in [0.15, 0.2) is 12.4 Å². The zero-order valence-corrected chi connectivity index (χ0v) is 65.0. The lowest BCUT2D eigenvalue weighted by atomic mass is 10.0. The molecule has 0 spiro atoms. The van der Waals surface area contributed by atoms with Gasteiger partial charge in [-0.05, 0) is 83.5 Å². The van der Waals surface area contributed by atoms with E-state index in [2.05, 4.69) is 86.8 Å². The van der Waals surface area contributed by atoms with Gasteiger partial charge in [0.25, 0.3) is 0 Å². The van der Waals surface area contributed by atoms with E-state index in [1.807, 2.05) is 21.1 Å². The van der Waals surface area contributed by atoms with Crippen molar-refractivity contribution in [2.24, 2.45) is 0 Å². The number of aliphatic carboxylic acids is 1. The highest BCUT2D eigenvalue weighted by Gasteiger charge is 2.22. The summed E-state index contributed by atoms with van der Waals surface area (Å²) >= 11 is 0. The normalized spacial score (nSPS) is 13.0. The summed E-state index contributed by atoms with van der Waals surface area (Å²) in [6, 6.07) is 0. The number of allylic oxidation sites excluding steroid dienone is 12. The predicted octanol–water partition coefficient (Wildman–Crippen LogP) is 25.8. The number of unbranched alkanes of at least 4 members (excludes halogenated alkanes) is 52. The summed E-state index contributed by atoms with van der Waals surface area (Å²) < 4.78 is 22.9. The Morgan fingerprint density at radius 2 is 0.588 bits per heavy atom. The third-order valence-electron chi connectivity index (χ3n) is 18.9. The van der Waals surface area contributed by atoms with Crippen molar-refractivity contribution >= 4 is 17.9 Å². The lowest BCUT2D eigenvalue weighted by Crippen LogP contribution is -2.44. The summed E-state index contributed by atoms with van der Waals surface area (Å²) in [4.78, 5) is 37.6. The first-order valence-electron chi connectivity index (χ1n) is 42.1. The highest BCUT2D eigenvalue weighted by atomic mass is 16.7. The molecule has 9 heteroatoms. The van der Waals surface area contributed by atoms with Gasteiger partial charge < -0.3 is 33.3 Å². The van der Waals surface area contributed by atoms with Crippen LogP contribution >= 0.6 is 0 Å². The lowest BCUT2D eigenvalue weighted by Gasteiger charge is -2.26. The molecule has 0 aliphatic rings. The van der Waals surface area contributed by atoms with E-state index in [0.29, 0.717) is 17.4 Å². The van der Waals surface area contributed by atoms with E-state index in [4.69, 9.17) is 18.9 Å². The zero-order chi connectivity index (χ0) is 70.4. The van der Waals surface area contributed by atoms with Crippen molar-refractivity contribution in [2.75, 3.05) is 47.5 Å². The van der Waals surface area contributed by atoms with Crippen molar-refractivity contribution in [1.82, 2.24) is 0 Å². The van der Waals surface area contributed by atoms with Crippen LogP contribution in [0.15, 0.2) is 72.9 Å². The fraction of sp³-hybridized carbons (Fsp3) is 0.830. The number of carbonyl (C=O) groups is 3. The van der Waals surface area contributed by atoms with Crippen LogP contribution in [0.3, 0.4) is 0 Å². The van der Waals surface area contributed by atoms with E-state index in [1.54, 1.807) is 0 Å². The molecule has 0 radical (unpaired) electrons. The lowest BCUT2D eigenvalue weighted by molar-refractivity contribution is -0.870. The highest BCUT2D eigenvalue weighted by molar-refractivity contribution is 5.70. The minimum atomic E-state index is -1.62. The summed E-state index contributed by atoms with van der Waals surface area (Å²) in [6.07, 6.45) is 103. The topological polar surface area (TPSA) is 111 Å². The Morgan fingerprint density at radius 1 is 0.320 bits per heavy atom. The van der Waals surface area contributed by atoms with Gasteiger partial charge in [0.05, 0.1) is 40.3 Å². The number of likely N-dealkylation sites (N-methyl/N-ethyl adjacent to an activating group) is 1. The van der Waals surface area contributed by atoms with Gasteiger partial charge in [0.2, 0.25) is 0 Å². The number of quaternary nitrogens is 1. The van der Waals surface area contributed by atoms with Crippen LogP contribution in [-0.4, -0.2) is 82.3 Å². The number of rotatable bonds is 79. The number of carboxylic acid groups (broad SMARTS) is 1. The molecule has 0 amide bonds. The second kappa shape index (κ2) is 78.4. The number of hydrogen-bond acceptors (Lipinski definition) is 8. The molecule has 0 rings (SSSR count). The maximum Gasteiger partial charge on any atom is 0.306 e. The molecular weight excluding hydrogens is 1200 g/mol. The molecule has 0 aromatic carbocycles. The Labute approximate surface area is 602 Å². The van der Waals surface area contributed by atoms with Crippen LogP contribution < -0.4 is 5.11 Å². The van der Waals surface area contributed by atoms with Crippen LogP contribution in [0.5, 0.6) is 0 Å². The van der Waals surface area contributed by atoms with Gasteiger partial charge in [-0.1, -0.05) is 389 Å². The maximum atomic E-state index is 13.0. The van der Waals surface area contributed by atoms with Crippen molar-refractivity contribution in [1.29, 1.82) is 0 Å². The van der Waals surface area contributed by atoms with Gasteiger partial charge >= 0.3 is 11.9 Å². The molecule has 0 aliphatic carbocycles. The molecule has 2 unspecified atom stereocenters. The predicted molar refractivity (Wildman–Crippen MR) is 417 cm³/mol. The first kappa shape index (κ1) is 93.7. The fourth-order valence-electron chi connectivity index (χ4n) is 12.6. The van der Waals surface area contributed by atoms with Gasteiger partial charge in [-0.3, -0.25) is 9.59 Å².